The highest BCUT2D eigenvalue weighted by molar-refractivity contribution is 5.38. The summed E-state index contributed by atoms with van der Waals surface area (Å²) >= 11 is 0. The molecule has 0 radical (unpaired) electrons. The van der Waals surface area contributed by atoms with Gasteiger partial charge in [0.15, 0.2) is 0 Å². The molecule has 0 aromatic heterocycles. The van der Waals surface area contributed by atoms with Crippen LogP contribution in [0.1, 0.15) is 64.0 Å². The fraction of sp³-hybridized carbons (Fsp3) is 0.647. The summed E-state index contributed by atoms with van der Waals surface area (Å²) in [6.45, 7) is 5.32. The van der Waals surface area contributed by atoms with Gasteiger partial charge in [-0.1, -0.05) is 26.7 Å². The lowest BCUT2D eigenvalue weighted by atomic mass is 9.93. The summed E-state index contributed by atoms with van der Waals surface area (Å²) in [5, 5.41) is 3.53. The highest BCUT2D eigenvalue weighted by Crippen LogP contribution is 2.36. The van der Waals surface area contributed by atoms with E-state index in [1.807, 2.05) is 0 Å². The first-order valence-corrected chi connectivity index (χ1v) is 7.94. The molecule has 1 aromatic rings. The zero-order chi connectivity index (χ0) is 14.4. The van der Waals surface area contributed by atoms with Crippen molar-refractivity contribution >= 4 is 0 Å². The van der Waals surface area contributed by atoms with E-state index in [9.17, 15) is 4.39 Å². The molecule has 1 aliphatic rings. The molecule has 1 aromatic carbocycles. The van der Waals surface area contributed by atoms with Gasteiger partial charge < -0.3 is 10.1 Å². The first-order chi connectivity index (χ1) is 9.74. The van der Waals surface area contributed by atoms with Crippen LogP contribution in [0.5, 0.6) is 5.75 Å². The van der Waals surface area contributed by atoms with Gasteiger partial charge in [-0.15, -0.1) is 0 Å². The van der Waals surface area contributed by atoms with E-state index >= 15 is 0 Å². The Labute approximate surface area is 121 Å². The maximum absolute atomic E-state index is 13.5. The Hall–Kier alpha value is -1.09. The van der Waals surface area contributed by atoms with Crippen LogP contribution in [-0.4, -0.2) is 12.6 Å². The molecule has 0 saturated heterocycles. The third-order valence-electron chi connectivity index (χ3n) is 3.91. The third-order valence-corrected chi connectivity index (χ3v) is 3.91. The highest BCUT2D eigenvalue weighted by atomic mass is 19.1. The van der Waals surface area contributed by atoms with Crippen LogP contribution in [0.2, 0.25) is 0 Å². The summed E-state index contributed by atoms with van der Waals surface area (Å²) in [6.07, 6.45) is 7.07. The molecule has 112 valence electrons. The zero-order valence-electron chi connectivity index (χ0n) is 12.6. The molecule has 2 atom stereocenters. The van der Waals surface area contributed by atoms with Crippen molar-refractivity contribution in [3.63, 3.8) is 0 Å². The normalized spacial score (nSPS) is 21.4. The largest absolute Gasteiger partial charge is 0.490 e. The Balaban J connectivity index is 2.07. The van der Waals surface area contributed by atoms with Gasteiger partial charge in [0.1, 0.15) is 17.7 Å². The molecule has 20 heavy (non-hydrogen) atoms. The van der Waals surface area contributed by atoms with E-state index in [1.54, 1.807) is 12.1 Å². The molecule has 0 bridgehead atoms. The predicted molar refractivity (Wildman–Crippen MR) is 80.6 cm³/mol. The van der Waals surface area contributed by atoms with Crippen LogP contribution < -0.4 is 10.1 Å². The third kappa shape index (κ3) is 3.95. The molecule has 2 unspecified atom stereocenters. The van der Waals surface area contributed by atoms with Gasteiger partial charge in [0.05, 0.1) is 0 Å². The predicted octanol–water partition coefficient (Wildman–Crippen LogP) is 4.60. The average Bonchev–Trinajstić information content (AvgIpc) is 2.45. The van der Waals surface area contributed by atoms with Crippen molar-refractivity contribution in [2.75, 3.05) is 6.54 Å². The quantitative estimate of drug-likeness (QED) is 0.737. The molecule has 1 heterocycles. The Morgan fingerprint density at radius 1 is 1.25 bits per heavy atom. The summed E-state index contributed by atoms with van der Waals surface area (Å²) in [5.74, 6) is 0.674. The van der Waals surface area contributed by atoms with Crippen LogP contribution in [0.3, 0.4) is 0 Å². The number of hydrogen-bond acceptors (Lipinski definition) is 2. The lowest BCUT2D eigenvalue weighted by Gasteiger charge is -2.33. The molecule has 0 fully saturated rings. The van der Waals surface area contributed by atoms with Gasteiger partial charge in [0, 0.05) is 18.0 Å². The first kappa shape index (κ1) is 15.3. The standard InChI is InChI=1S/C17H26FNO/c1-3-5-6-7-14-12-16(19-10-4-2)15-11-13(18)8-9-17(15)20-14/h8-9,11,14,16,19H,3-7,10,12H2,1-2H3. The van der Waals surface area contributed by atoms with Crippen molar-refractivity contribution in [2.45, 2.75) is 64.5 Å². The fourth-order valence-electron chi connectivity index (χ4n) is 2.83. The van der Waals surface area contributed by atoms with Gasteiger partial charge in [-0.25, -0.2) is 4.39 Å². The summed E-state index contributed by atoms with van der Waals surface area (Å²) in [4.78, 5) is 0. The number of rotatable bonds is 7. The topological polar surface area (TPSA) is 21.3 Å². The number of nitrogens with one attached hydrogen (secondary N) is 1. The van der Waals surface area contributed by atoms with Crippen LogP contribution in [-0.2, 0) is 0 Å². The number of unbranched alkanes of at least 4 members (excludes halogenated alkanes) is 2. The van der Waals surface area contributed by atoms with E-state index in [-0.39, 0.29) is 18.0 Å². The second-order valence-corrected chi connectivity index (χ2v) is 5.66. The van der Waals surface area contributed by atoms with Crippen molar-refractivity contribution in [1.29, 1.82) is 0 Å². The van der Waals surface area contributed by atoms with Gasteiger partial charge in [-0.05, 0) is 44.0 Å². The maximum atomic E-state index is 13.5. The molecular weight excluding hydrogens is 253 g/mol. The van der Waals surface area contributed by atoms with Crippen molar-refractivity contribution in [3.05, 3.63) is 29.6 Å². The second-order valence-electron chi connectivity index (χ2n) is 5.66. The van der Waals surface area contributed by atoms with Gasteiger partial charge >= 0.3 is 0 Å². The highest BCUT2D eigenvalue weighted by Gasteiger charge is 2.27. The molecule has 2 nitrogen and oxygen atoms in total. The number of hydrogen-bond donors (Lipinski definition) is 1. The lowest BCUT2D eigenvalue weighted by Crippen LogP contribution is -2.33. The Morgan fingerprint density at radius 2 is 2.10 bits per heavy atom. The zero-order valence-corrected chi connectivity index (χ0v) is 12.6. The molecule has 0 saturated carbocycles. The van der Waals surface area contributed by atoms with Crippen molar-refractivity contribution in [1.82, 2.24) is 5.32 Å². The van der Waals surface area contributed by atoms with Crippen LogP contribution in [0.25, 0.3) is 0 Å². The van der Waals surface area contributed by atoms with Crippen molar-refractivity contribution < 1.29 is 9.13 Å². The minimum atomic E-state index is -0.180. The molecule has 0 aliphatic carbocycles. The molecule has 0 amide bonds. The van der Waals surface area contributed by atoms with E-state index in [4.69, 9.17) is 4.74 Å². The van der Waals surface area contributed by atoms with Crippen LogP contribution in [0, 0.1) is 5.82 Å². The summed E-state index contributed by atoms with van der Waals surface area (Å²) < 4.78 is 19.5. The molecule has 1 N–H and O–H groups in total. The summed E-state index contributed by atoms with van der Waals surface area (Å²) in [5.41, 5.74) is 0.977. The van der Waals surface area contributed by atoms with Gasteiger partial charge in [-0.2, -0.15) is 0 Å². The number of ether oxygens (including phenoxy) is 1. The minimum absolute atomic E-state index is 0.180. The maximum Gasteiger partial charge on any atom is 0.124 e. The van der Waals surface area contributed by atoms with Crippen molar-refractivity contribution in [3.8, 4) is 5.75 Å². The van der Waals surface area contributed by atoms with E-state index in [0.29, 0.717) is 0 Å². The average molecular weight is 279 g/mol. The fourth-order valence-corrected chi connectivity index (χ4v) is 2.83. The second kappa shape index (κ2) is 7.63. The van der Waals surface area contributed by atoms with Gasteiger partial charge in [0.2, 0.25) is 0 Å². The van der Waals surface area contributed by atoms with Crippen LogP contribution >= 0.6 is 0 Å². The molecular formula is C17H26FNO. The molecule has 0 spiro atoms. The Kier molecular flexibility index (Phi) is 5.84. The lowest BCUT2D eigenvalue weighted by molar-refractivity contribution is 0.137. The van der Waals surface area contributed by atoms with Crippen molar-refractivity contribution in [2.24, 2.45) is 0 Å². The summed E-state index contributed by atoms with van der Waals surface area (Å²) in [7, 11) is 0. The number of benzene rings is 1. The SMILES string of the molecule is CCCCCC1CC(NCCC)c2cc(F)ccc2O1. The Bertz CT molecular complexity index is 421. The molecule has 3 heteroatoms. The minimum Gasteiger partial charge on any atom is -0.490 e. The van der Waals surface area contributed by atoms with E-state index < -0.39 is 0 Å². The van der Waals surface area contributed by atoms with E-state index in [2.05, 4.69) is 19.2 Å². The first-order valence-electron chi connectivity index (χ1n) is 7.94. The van der Waals surface area contributed by atoms with Crippen LogP contribution in [0.4, 0.5) is 4.39 Å². The Morgan fingerprint density at radius 3 is 2.85 bits per heavy atom. The van der Waals surface area contributed by atoms with Crippen LogP contribution in [0.15, 0.2) is 18.2 Å². The molecule has 1 aliphatic heterocycles. The number of fused-ring (bicyclic) bond motifs is 1. The van der Waals surface area contributed by atoms with Gasteiger partial charge in [0.25, 0.3) is 0 Å². The molecule has 2 rings (SSSR count). The summed E-state index contributed by atoms with van der Waals surface area (Å²) in [6, 6.07) is 5.10. The smallest absolute Gasteiger partial charge is 0.124 e. The number of halogens is 1. The van der Waals surface area contributed by atoms with E-state index in [1.165, 1.54) is 25.3 Å². The van der Waals surface area contributed by atoms with E-state index in [0.717, 1.165) is 37.1 Å². The monoisotopic (exact) mass is 279 g/mol. The van der Waals surface area contributed by atoms with Gasteiger partial charge in [-0.3, -0.25) is 0 Å².